The summed E-state index contributed by atoms with van der Waals surface area (Å²) in [6, 6.07) is 0. The zero-order valence-corrected chi connectivity index (χ0v) is 10.2. The lowest BCUT2D eigenvalue weighted by atomic mass is 9.89. The number of imidazole rings is 1. The Hall–Kier alpha value is -0.870. The van der Waals surface area contributed by atoms with Crippen LogP contribution in [0.15, 0.2) is 12.5 Å². The summed E-state index contributed by atoms with van der Waals surface area (Å²) in [6.45, 7) is 9.18. The smallest absolute Gasteiger partial charge is 0.0948 e. The normalized spacial score (nSPS) is 18.4. The minimum atomic E-state index is 0.343. The standard InChI is InChI=1S/C12H21N3O/c1-3-4-15-10-14-6-11(15)5-13-7-12(2)8-16-9-12/h6,10,13H,3-5,7-9H2,1-2H3. The van der Waals surface area contributed by atoms with E-state index < -0.39 is 0 Å². The Bertz CT molecular complexity index is 331. The van der Waals surface area contributed by atoms with Gasteiger partial charge in [0.1, 0.15) is 0 Å². The van der Waals surface area contributed by atoms with Gasteiger partial charge in [-0.2, -0.15) is 0 Å². The molecule has 1 aromatic rings. The monoisotopic (exact) mass is 223 g/mol. The van der Waals surface area contributed by atoms with Crippen LogP contribution in [0.4, 0.5) is 0 Å². The second-order valence-electron chi connectivity index (χ2n) is 4.99. The lowest BCUT2D eigenvalue weighted by Crippen LogP contribution is -2.47. The second-order valence-corrected chi connectivity index (χ2v) is 4.99. The molecule has 1 aliphatic heterocycles. The van der Waals surface area contributed by atoms with E-state index in [2.05, 4.69) is 28.7 Å². The Balaban J connectivity index is 1.78. The molecule has 0 spiro atoms. The van der Waals surface area contributed by atoms with Gasteiger partial charge in [-0.15, -0.1) is 0 Å². The molecule has 0 unspecified atom stereocenters. The number of aryl methyl sites for hydroxylation is 1. The summed E-state index contributed by atoms with van der Waals surface area (Å²) < 4.78 is 7.45. The fraction of sp³-hybridized carbons (Fsp3) is 0.750. The fourth-order valence-electron chi connectivity index (χ4n) is 1.98. The van der Waals surface area contributed by atoms with E-state index in [1.165, 1.54) is 5.69 Å². The van der Waals surface area contributed by atoms with Crippen molar-refractivity contribution in [3.63, 3.8) is 0 Å². The first-order chi connectivity index (χ1) is 7.73. The predicted octanol–water partition coefficient (Wildman–Crippen LogP) is 1.42. The van der Waals surface area contributed by atoms with Crippen LogP contribution in [-0.4, -0.2) is 29.3 Å². The first-order valence-electron chi connectivity index (χ1n) is 6.01. The molecular weight excluding hydrogens is 202 g/mol. The zero-order valence-electron chi connectivity index (χ0n) is 10.2. The number of nitrogens with zero attached hydrogens (tertiary/aromatic N) is 2. The number of ether oxygens (including phenoxy) is 1. The van der Waals surface area contributed by atoms with Gasteiger partial charge in [0.25, 0.3) is 0 Å². The van der Waals surface area contributed by atoms with Gasteiger partial charge in [-0.05, 0) is 6.42 Å². The van der Waals surface area contributed by atoms with Gasteiger partial charge in [-0.25, -0.2) is 4.98 Å². The van der Waals surface area contributed by atoms with Gasteiger partial charge in [0.2, 0.25) is 0 Å². The molecule has 1 aromatic heterocycles. The van der Waals surface area contributed by atoms with E-state index in [-0.39, 0.29) is 0 Å². The highest BCUT2D eigenvalue weighted by molar-refractivity contribution is 4.98. The van der Waals surface area contributed by atoms with Crippen LogP contribution >= 0.6 is 0 Å². The van der Waals surface area contributed by atoms with Crippen molar-refractivity contribution in [2.24, 2.45) is 5.41 Å². The Morgan fingerprint density at radius 3 is 3.00 bits per heavy atom. The van der Waals surface area contributed by atoms with E-state index in [1.54, 1.807) is 0 Å². The molecule has 16 heavy (non-hydrogen) atoms. The van der Waals surface area contributed by atoms with Gasteiger partial charge < -0.3 is 14.6 Å². The Morgan fingerprint density at radius 1 is 1.56 bits per heavy atom. The van der Waals surface area contributed by atoms with Crippen LogP contribution in [0.5, 0.6) is 0 Å². The molecule has 1 N–H and O–H groups in total. The van der Waals surface area contributed by atoms with Crippen LogP contribution in [-0.2, 0) is 17.8 Å². The molecular formula is C12H21N3O. The van der Waals surface area contributed by atoms with Gasteiger partial charge >= 0.3 is 0 Å². The maximum absolute atomic E-state index is 5.23. The Kier molecular flexibility index (Phi) is 3.61. The van der Waals surface area contributed by atoms with Crippen LogP contribution in [0.25, 0.3) is 0 Å². The molecule has 1 aliphatic rings. The molecule has 0 saturated carbocycles. The van der Waals surface area contributed by atoms with E-state index in [4.69, 9.17) is 4.74 Å². The molecule has 90 valence electrons. The van der Waals surface area contributed by atoms with Crippen molar-refractivity contribution in [1.82, 2.24) is 14.9 Å². The lowest BCUT2D eigenvalue weighted by Gasteiger charge is -2.38. The van der Waals surface area contributed by atoms with Crippen molar-refractivity contribution in [3.8, 4) is 0 Å². The summed E-state index contributed by atoms with van der Waals surface area (Å²) >= 11 is 0. The van der Waals surface area contributed by atoms with Crippen LogP contribution in [0, 0.1) is 5.41 Å². The molecule has 0 aliphatic carbocycles. The van der Waals surface area contributed by atoms with Gasteiger partial charge in [-0.1, -0.05) is 13.8 Å². The first kappa shape index (κ1) is 11.6. The second kappa shape index (κ2) is 4.97. The number of nitrogens with one attached hydrogen (secondary N) is 1. The van der Waals surface area contributed by atoms with Crippen molar-refractivity contribution in [2.75, 3.05) is 19.8 Å². The van der Waals surface area contributed by atoms with E-state index in [0.717, 1.165) is 39.3 Å². The molecule has 4 heteroatoms. The third-order valence-electron chi connectivity index (χ3n) is 3.02. The van der Waals surface area contributed by atoms with Crippen molar-refractivity contribution < 1.29 is 4.74 Å². The summed E-state index contributed by atoms with van der Waals surface area (Å²) in [5.41, 5.74) is 1.61. The summed E-state index contributed by atoms with van der Waals surface area (Å²) in [5, 5.41) is 3.49. The van der Waals surface area contributed by atoms with Crippen LogP contribution in [0.3, 0.4) is 0 Å². The largest absolute Gasteiger partial charge is 0.380 e. The number of aromatic nitrogens is 2. The molecule has 2 rings (SSSR count). The van der Waals surface area contributed by atoms with Gasteiger partial charge in [0, 0.05) is 31.2 Å². The molecule has 1 fully saturated rings. The van der Waals surface area contributed by atoms with E-state index in [0.29, 0.717) is 5.41 Å². The molecule has 0 amide bonds. The number of hydrogen-bond donors (Lipinski definition) is 1. The topological polar surface area (TPSA) is 39.1 Å². The van der Waals surface area contributed by atoms with Gasteiger partial charge in [-0.3, -0.25) is 0 Å². The van der Waals surface area contributed by atoms with Crippen molar-refractivity contribution in [1.29, 1.82) is 0 Å². The third-order valence-corrected chi connectivity index (χ3v) is 3.02. The predicted molar refractivity (Wildman–Crippen MR) is 63.2 cm³/mol. The molecule has 1 saturated heterocycles. The van der Waals surface area contributed by atoms with E-state index in [9.17, 15) is 0 Å². The average molecular weight is 223 g/mol. The molecule has 0 aromatic carbocycles. The van der Waals surface area contributed by atoms with Crippen LogP contribution in [0.1, 0.15) is 26.0 Å². The van der Waals surface area contributed by atoms with Crippen molar-refractivity contribution in [3.05, 3.63) is 18.2 Å². The lowest BCUT2D eigenvalue weighted by molar-refractivity contribution is -0.0992. The summed E-state index contributed by atoms with van der Waals surface area (Å²) in [7, 11) is 0. The molecule has 4 nitrogen and oxygen atoms in total. The van der Waals surface area contributed by atoms with E-state index in [1.807, 2.05) is 12.5 Å². The van der Waals surface area contributed by atoms with Gasteiger partial charge in [0.15, 0.2) is 0 Å². The SMILES string of the molecule is CCCn1cncc1CNCC1(C)COC1. The van der Waals surface area contributed by atoms with Crippen molar-refractivity contribution in [2.45, 2.75) is 33.4 Å². The number of rotatable bonds is 6. The summed E-state index contributed by atoms with van der Waals surface area (Å²) in [5.74, 6) is 0. The first-order valence-corrected chi connectivity index (χ1v) is 6.01. The van der Waals surface area contributed by atoms with Crippen LogP contribution < -0.4 is 5.32 Å². The minimum absolute atomic E-state index is 0.343. The highest BCUT2D eigenvalue weighted by Crippen LogP contribution is 2.25. The third kappa shape index (κ3) is 2.62. The van der Waals surface area contributed by atoms with Crippen molar-refractivity contribution >= 4 is 0 Å². The van der Waals surface area contributed by atoms with Crippen LogP contribution in [0.2, 0.25) is 0 Å². The highest BCUT2D eigenvalue weighted by Gasteiger charge is 2.32. The molecule has 0 atom stereocenters. The quantitative estimate of drug-likeness (QED) is 0.792. The average Bonchev–Trinajstić information content (AvgIpc) is 2.64. The fourth-order valence-corrected chi connectivity index (χ4v) is 1.98. The minimum Gasteiger partial charge on any atom is -0.380 e. The Labute approximate surface area is 97.0 Å². The summed E-state index contributed by atoms with van der Waals surface area (Å²) in [6.07, 6.45) is 5.01. The molecule has 0 bridgehead atoms. The highest BCUT2D eigenvalue weighted by atomic mass is 16.5. The van der Waals surface area contributed by atoms with Gasteiger partial charge in [0.05, 0.1) is 25.2 Å². The molecule has 2 heterocycles. The Morgan fingerprint density at radius 2 is 2.38 bits per heavy atom. The summed E-state index contributed by atoms with van der Waals surface area (Å²) in [4.78, 5) is 4.19. The maximum Gasteiger partial charge on any atom is 0.0948 e. The van der Waals surface area contributed by atoms with E-state index >= 15 is 0 Å². The number of hydrogen-bond acceptors (Lipinski definition) is 3. The zero-order chi connectivity index (χ0) is 11.4. The maximum atomic E-state index is 5.23. The molecule has 0 radical (unpaired) electrons.